The maximum Gasteiger partial charge on any atom is 0.306 e. The zero-order valence-corrected chi connectivity index (χ0v) is 11.5. The van der Waals surface area contributed by atoms with Crippen LogP contribution in [0.4, 0.5) is 0 Å². The van der Waals surface area contributed by atoms with Crippen LogP contribution >= 0.6 is 0 Å². The highest BCUT2D eigenvalue weighted by Crippen LogP contribution is 2.24. The highest BCUT2D eigenvalue weighted by molar-refractivity contribution is 5.99. The minimum Gasteiger partial charge on any atom is -0.481 e. The van der Waals surface area contributed by atoms with Gasteiger partial charge in [0, 0.05) is 11.5 Å². The summed E-state index contributed by atoms with van der Waals surface area (Å²) in [6.45, 7) is 3.28. The van der Waals surface area contributed by atoms with Crippen molar-refractivity contribution in [3.63, 3.8) is 0 Å². The maximum absolute atomic E-state index is 12.3. The van der Waals surface area contributed by atoms with Crippen LogP contribution < -0.4 is 0 Å². The molecule has 0 fully saturated rings. The molecule has 0 radical (unpaired) electrons. The molecule has 19 heavy (non-hydrogen) atoms. The van der Waals surface area contributed by atoms with Crippen molar-refractivity contribution in [1.82, 2.24) is 0 Å². The molecular formula is C16H20O3. The molecule has 3 heteroatoms. The fourth-order valence-corrected chi connectivity index (χ4v) is 2.59. The number of rotatable bonds is 4. The van der Waals surface area contributed by atoms with Gasteiger partial charge in [0.15, 0.2) is 5.78 Å². The van der Waals surface area contributed by atoms with E-state index in [0.717, 1.165) is 12.8 Å². The Morgan fingerprint density at radius 2 is 1.68 bits per heavy atom. The molecule has 3 nitrogen and oxygen atoms in total. The third kappa shape index (κ3) is 2.86. The van der Waals surface area contributed by atoms with Gasteiger partial charge in [-0.25, -0.2) is 0 Å². The number of hydrogen-bond acceptors (Lipinski definition) is 2. The van der Waals surface area contributed by atoms with E-state index < -0.39 is 17.8 Å². The summed E-state index contributed by atoms with van der Waals surface area (Å²) in [5.41, 5.74) is 3.25. The van der Waals surface area contributed by atoms with Crippen LogP contribution in [0.25, 0.3) is 0 Å². The molecule has 0 amide bonds. The molecule has 102 valence electrons. The van der Waals surface area contributed by atoms with Crippen molar-refractivity contribution >= 4 is 11.8 Å². The number of carbonyl (C=O) groups excluding carboxylic acids is 1. The molecule has 0 spiro atoms. The zero-order chi connectivity index (χ0) is 14.0. The van der Waals surface area contributed by atoms with Gasteiger partial charge in [-0.05, 0) is 42.9 Å². The molecule has 0 saturated heterocycles. The average molecular weight is 260 g/mol. The van der Waals surface area contributed by atoms with Crippen LogP contribution in [0.1, 0.15) is 48.2 Å². The second-order valence-corrected chi connectivity index (χ2v) is 5.47. The maximum atomic E-state index is 12.3. The first-order chi connectivity index (χ1) is 9.00. The lowest BCUT2D eigenvalue weighted by atomic mass is 9.85. The van der Waals surface area contributed by atoms with Gasteiger partial charge in [0.25, 0.3) is 0 Å². The van der Waals surface area contributed by atoms with Crippen LogP contribution in [0.15, 0.2) is 18.2 Å². The molecule has 1 aromatic rings. The summed E-state index contributed by atoms with van der Waals surface area (Å²) in [5, 5.41) is 8.99. The van der Waals surface area contributed by atoms with Crippen molar-refractivity contribution in [3.05, 3.63) is 34.9 Å². The predicted molar refractivity (Wildman–Crippen MR) is 73.4 cm³/mol. The first kappa shape index (κ1) is 13.8. The highest BCUT2D eigenvalue weighted by atomic mass is 16.4. The SMILES string of the molecule is CC(C(=O)O)C(C)C(=O)c1ccc2c(c1)CCCC2. The fraction of sp³-hybridized carbons (Fsp3) is 0.500. The minimum atomic E-state index is -0.918. The zero-order valence-electron chi connectivity index (χ0n) is 11.5. The molecular weight excluding hydrogens is 240 g/mol. The van der Waals surface area contributed by atoms with E-state index in [1.807, 2.05) is 18.2 Å². The molecule has 0 aromatic heterocycles. The van der Waals surface area contributed by atoms with Gasteiger partial charge in [-0.2, -0.15) is 0 Å². The van der Waals surface area contributed by atoms with Crippen LogP contribution in [0.5, 0.6) is 0 Å². The lowest BCUT2D eigenvalue weighted by molar-refractivity contribution is -0.142. The molecule has 0 bridgehead atoms. The number of benzene rings is 1. The van der Waals surface area contributed by atoms with Crippen LogP contribution in [0.2, 0.25) is 0 Å². The van der Waals surface area contributed by atoms with Gasteiger partial charge in [0.2, 0.25) is 0 Å². The minimum absolute atomic E-state index is 0.0664. The Labute approximate surface area is 113 Å². The van der Waals surface area contributed by atoms with E-state index in [2.05, 4.69) is 0 Å². The van der Waals surface area contributed by atoms with Gasteiger partial charge in [0.1, 0.15) is 0 Å². The topological polar surface area (TPSA) is 54.4 Å². The van der Waals surface area contributed by atoms with E-state index in [-0.39, 0.29) is 5.78 Å². The summed E-state index contributed by atoms with van der Waals surface area (Å²) in [6.07, 6.45) is 4.50. The van der Waals surface area contributed by atoms with E-state index in [9.17, 15) is 9.59 Å². The largest absolute Gasteiger partial charge is 0.481 e. The summed E-state index contributed by atoms with van der Waals surface area (Å²) in [5.74, 6) is -2.12. The van der Waals surface area contributed by atoms with E-state index in [0.29, 0.717) is 5.56 Å². The van der Waals surface area contributed by atoms with Crippen LogP contribution in [0.3, 0.4) is 0 Å². The molecule has 0 saturated carbocycles. The highest BCUT2D eigenvalue weighted by Gasteiger charge is 2.27. The third-order valence-corrected chi connectivity index (χ3v) is 4.19. The number of hydrogen-bond donors (Lipinski definition) is 1. The number of aliphatic carboxylic acids is 1. The molecule has 1 aromatic carbocycles. The second kappa shape index (κ2) is 5.55. The molecule has 0 aliphatic heterocycles. The van der Waals surface area contributed by atoms with E-state index >= 15 is 0 Å². The Morgan fingerprint density at radius 3 is 2.32 bits per heavy atom. The van der Waals surface area contributed by atoms with Gasteiger partial charge >= 0.3 is 5.97 Å². The van der Waals surface area contributed by atoms with E-state index in [4.69, 9.17) is 5.11 Å². The Hall–Kier alpha value is -1.64. The normalized spacial score (nSPS) is 17.4. The average Bonchev–Trinajstić information content (AvgIpc) is 2.44. The van der Waals surface area contributed by atoms with Crippen LogP contribution in [-0.2, 0) is 17.6 Å². The van der Waals surface area contributed by atoms with E-state index in [1.165, 1.54) is 24.0 Å². The Morgan fingerprint density at radius 1 is 1.05 bits per heavy atom. The van der Waals surface area contributed by atoms with E-state index in [1.54, 1.807) is 13.8 Å². The predicted octanol–water partition coefficient (Wildman–Crippen LogP) is 3.10. The van der Waals surface area contributed by atoms with Crippen molar-refractivity contribution in [1.29, 1.82) is 0 Å². The molecule has 1 aliphatic carbocycles. The summed E-state index contributed by atoms with van der Waals surface area (Å²) < 4.78 is 0. The van der Waals surface area contributed by atoms with Crippen LogP contribution in [-0.4, -0.2) is 16.9 Å². The lowest BCUT2D eigenvalue weighted by Gasteiger charge is -2.19. The second-order valence-electron chi connectivity index (χ2n) is 5.47. The monoisotopic (exact) mass is 260 g/mol. The van der Waals surface area contributed by atoms with Gasteiger partial charge in [0.05, 0.1) is 5.92 Å². The Balaban J connectivity index is 2.22. The smallest absolute Gasteiger partial charge is 0.306 e. The first-order valence-electron chi connectivity index (χ1n) is 6.89. The van der Waals surface area contributed by atoms with Crippen LogP contribution in [0, 0.1) is 11.8 Å². The number of carbonyl (C=O) groups is 2. The first-order valence-corrected chi connectivity index (χ1v) is 6.89. The summed E-state index contributed by atoms with van der Waals surface area (Å²) in [7, 11) is 0. The number of aryl methyl sites for hydroxylation is 2. The van der Waals surface area contributed by atoms with Gasteiger partial charge in [-0.3, -0.25) is 9.59 Å². The van der Waals surface area contributed by atoms with Gasteiger partial charge < -0.3 is 5.11 Å². The van der Waals surface area contributed by atoms with Gasteiger partial charge in [-0.1, -0.05) is 26.0 Å². The summed E-state index contributed by atoms with van der Waals surface area (Å²) in [6, 6.07) is 5.83. The number of Topliss-reactive ketones (excluding diaryl/α,β-unsaturated/α-hetero) is 1. The Bertz CT molecular complexity index is 505. The molecule has 2 unspecified atom stereocenters. The molecule has 1 aliphatic rings. The molecule has 2 atom stereocenters. The lowest BCUT2D eigenvalue weighted by Crippen LogP contribution is -2.25. The van der Waals surface area contributed by atoms with Crippen molar-refractivity contribution in [2.24, 2.45) is 11.8 Å². The standard InChI is InChI=1S/C16H20O3/c1-10(11(2)16(18)19)15(17)14-8-7-12-5-3-4-6-13(12)9-14/h7-11H,3-6H2,1-2H3,(H,18,19). The molecule has 0 heterocycles. The van der Waals surface area contributed by atoms with Crippen molar-refractivity contribution in [2.75, 3.05) is 0 Å². The third-order valence-electron chi connectivity index (χ3n) is 4.19. The number of carboxylic acid groups (broad SMARTS) is 1. The van der Waals surface area contributed by atoms with Crippen molar-refractivity contribution in [2.45, 2.75) is 39.5 Å². The number of fused-ring (bicyclic) bond motifs is 1. The van der Waals surface area contributed by atoms with Crippen molar-refractivity contribution in [3.8, 4) is 0 Å². The quantitative estimate of drug-likeness (QED) is 0.846. The summed E-state index contributed by atoms with van der Waals surface area (Å²) >= 11 is 0. The van der Waals surface area contributed by atoms with Gasteiger partial charge in [-0.15, -0.1) is 0 Å². The number of carboxylic acids is 1. The fourth-order valence-electron chi connectivity index (χ4n) is 2.59. The van der Waals surface area contributed by atoms with Crippen molar-refractivity contribution < 1.29 is 14.7 Å². The number of ketones is 1. The molecule has 2 rings (SSSR count). The summed E-state index contributed by atoms with van der Waals surface area (Å²) in [4.78, 5) is 23.3. The Kier molecular flexibility index (Phi) is 4.03. The molecule has 1 N–H and O–H groups in total.